The van der Waals surface area contributed by atoms with Crippen molar-refractivity contribution in [2.24, 2.45) is 17.3 Å². The van der Waals surface area contributed by atoms with Gasteiger partial charge < -0.3 is 10.1 Å². The number of aryl methyl sites for hydroxylation is 1. The molecule has 3 atom stereocenters. The average molecular weight is 548 g/mol. The van der Waals surface area contributed by atoms with Gasteiger partial charge in [-0.1, -0.05) is 25.4 Å². The number of thiophene rings is 1. The second-order valence-electron chi connectivity index (χ2n) is 10.4. The van der Waals surface area contributed by atoms with Crippen molar-refractivity contribution in [3.8, 4) is 17.0 Å². The molecular weight excluding hydrogens is 519 g/mol. The number of carbonyl (C=O) groups excluding carboxylic acids is 2. The molecule has 36 heavy (non-hydrogen) atoms. The Morgan fingerprint density at radius 1 is 1.25 bits per heavy atom. The number of fused-ring (bicyclic) bond motifs is 2. The molecular formula is C26H28Cl2N4O3S. The van der Waals surface area contributed by atoms with Gasteiger partial charge in [0, 0.05) is 23.2 Å². The number of piperidine rings is 2. The molecule has 6 rings (SSSR count). The van der Waals surface area contributed by atoms with Crippen LogP contribution in [0.4, 0.5) is 0 Å². The van der Waals surface area contributed by atoms with Crippen LogP contribution in [0.1, 0.15) is 37.1 Å². The van der Waals surface area contributed by atoms with E-state index < -0.39 is 0 Å². The van der Waals surface area contributed by atoms with E-state index in [9.17, 15) is 9.59 Å². The van der Waals surface area contributed by atoms with Crippen LogP contribution in [0.15, 0.2) is 24.4 Å². The van der Waals surface area contributed by atoms with E-state index >= 15 is 0 Å². The van der Waals surface area contributed by atoms with Gasteiger partial charge in [-0.05, 0) is 55.5 Å². The molecule has 0 spiro atoms. The van der Waals surface area contributed by atoms with Crippen LogP contribution in [0.3, 0.4) is 0 Å². The van der Waals surface area contributed by atoms with Gasteiger partial charge in [-0.25, -0.2) is 4.98 Å². The number of ether oxygens (including phenoxy) is 1. The van der Waals surface area contributed by atoms with Gasteiger partial charge >= 0.3 is 0 Å². The van der Waals surface area contributed by atoms with Crippen LogP contribution in [-0.4, -0.2) is 45.9 Å². The third kappa shape index (κ3) is 4.08. The molecule has 0 radical (unpaired) electrons. The minimum atomic E-state index is -0.208. The zero-order chi connectivity index (χ0) is 24.5. The topological polar surface area (TPSA) is 84.4 Å². The summed E-state index contributed by atoms with van der Waals surface area (Å²) in [5.74, 6) is 0.272. The number of hydrogen-bond donors (Lipinski definition) is 1. The Kier molecular flexibility index (Phi) is 6.52. The lowest BCUT2D eigenvalue weighted by atomic mass is 10.1. The van der Waals surface area contributed by atoms with Crippen LogP contribution < -0.4 is 10.1 Å². The molecule has 3 fully saturated rings. The Bertz CT molecular complexity index is 1340. The van der Waals surface area contributed by atoms with Gasteiger partial charge in [0.25, 0.3) is 0 Å². The third-order valence-electron chi connectivity index (χ3n) is 7.59. The SMILES string of the molecule is Cc1cc(Cl)nc(-c2ccnc3cc(CN4C(=O)C5C(C4=O)C5(C)C)sc23)c1O[C@H]1CCCNC1.Cl. The highest BCUT2D eigenvalue weighted by atomic mass is 35.5. The summed E-state index contributed by atoms with van der Waals surface area (Å²) in [4.78, 5) is 37.2. The number of nitrogens with one attached hydrogen (secondary N) is 1. The van der Waals surface area contributed by atoms with Gasteiger partial charge in [-0.3, -0.25) is 19.5 Å². The van der Waals surface area contributed by atoms with Gasteiger partial charge in [-0.2, -0.15) is 0 Å². The first-order valence-electron chi connectivity index (χ1n) is 12.0. The number of imide groups is 1. The third-order valence-corrected chi connectivity index (χ3v) is 8.92. The Labute approximate surface area is 225 Å². The molecule has 7 nitrogen and oxygen atoms in total. The fourth-order valence-corrected chi connectivity index (χ4v) is 6.97. The first-order valence-corrected chi connectivity index (χ1v) is 13.2. The second-order valence-corrected chi connectivity index (χ2v) is 11.9. The fourth-order valence-electron chi connectivity index (χ4n) is 5.61. The number of pyridine rings is 2. The molecule has 3 aliphatic rings. The lowest BCUT2D eigenvalue weighted by Crippen LogP contribution is -2.37. The Balaban J connectivity index is 0.00000267. The van der Waals surface area contributed by atoms with Crippen molar-refractivity contribution in [1.82, 2.24) is 20.2 Å². The summed E-state index contributed by atoms with van der Waals surface area (Å²) in [7, 11) is 0. The monoisotopic (exact) mass is 546 g/mol. The van der Waals surface area contributed by atoms with Gasteiger partial charge in [0.15, 0.2) is 0 Å². The lowest BCUT2D eigenvalue weighted by molar-refractivity contribution is -0.143. The summed E-state index contributed by atoms with van der Waals surface area (Å²) in [6, 6.07) is 5.71. The molecule has 190 valence electrons. The molecule has 10 heteroatoms. The summed E-state index contributed by atoms with van der Waals surface area (Å²) in [5.41, 5.74) is 3.11. The summed E-state index contributed by atoms with van der Waals surface area (Å²) in [5, 5.41) is 3.80. The number of hydrogen-bond acceptors (Lipinski definition) is 7. The fraction of sp³-hybridized carbons (Fsp3) is 0.462. The van der Waals surface area contributed by atoms with Crippen LogP contribution in [0.25, 0.3) is 21.5 Å². The smallest absolute Gasteiger partial charge is 0.234 e. The maximum Gasteiger partial charge on any atom is 0.234 e. The highest BCUT2D eigenvalue weighted by Gasteiger charge is 2.72. The van der Waals surface area contributed by atoms with Crippen LogP contribution in [0, 0.1) is 24.2 Å². The highest BCUT2D eigenvalue weighted by Crippen LogP contribution is 2.63. The number of carbonyl (C=O) groups is 2. The lowest BCUT2D eigenvalue weighted by Gasteiger charge is -2.26. The number of amides is 2. The van der Waals surface area contributed by atoms with Crippen molar-refractivity contribution in [2.75, 3.05) is 13.1 Å². The summed E-state index contributed by atoms with van der Waals surface area (Å²) >= 11 is 7.92. The largest absolute Gasteiger partial charge is 0.487 e. The Hall–Kier alpha value is -2.26. The van der Waals surface area contributed by atoms with Crippen molar-refractivity contribution >= 4 is 57.4 Å². The molecule has 2 aliphatic heterocycles. The minimum absolute atomic E-state index is 0. The molecule has 2 amide bonds. The van der Waals surface area contributed by atoms with Gasteiger partial charge in [0.2, 0.25) is 11.8 Å². The zero-order valence-corrected chi connectivity index (χ0v) is 22.7. The van der Waals surface area contributed by atoms with Crippen LogP contribution in [-0.2, 0) is 16.1 Å². The van der Waals surface area contributed by atoms with E-state index in [1.807, 2.05) is 39.0 Å². The first-order chi connectivity index (χ1) is 16.8. The zero-order valence-electron chi connectivity index (χ0n) is 20.3. The van der Waals surface area contributed by atoms with Crippen LogP contribution >= 0.6 is 35.3 Å². The number of rotatable bonds is 5. The van der Waals surface area contributed by atoms with Crippen LogP contribution in [0.2, 0.25) is 5.15 Å². The van der Waals surface area contributed by atoms with Gasteiger partial charge in [0.1, 0.15) is 22.7 Å². The van der Waals surface area contributed by atoms with Crippen molar-refractivity contribution in [1.29, 1.82) is 0 Å². The molecule has 2 unspecified atom stereocenters. The molecule has 3 aromatic rings. The van der Waals surface area contributed by atoms with E-state index in [2.05, 4.69) is 15.3 Å². The number of likely N-dealkylation sites (tertiary alicyclic amines) is 1. The average Bonchev–Trinajstić information content (AvgIpc) is 3.07. The molecule has 0 bridgehead atoms. The van der Waals surface area contributed by atoms with E-state index in [4.69, 9.17) is 16.3 Å². The molecule has 1 aliphatic carbocycles. The molecule has 5 heterocycles. The summed E-state index contributed by atoms with van der Waals surface area (Å²) < 4.78 is 7.40. The van der Waals surface area contributed by atoms with E-state index in [0.29, 0.717) is 10.8 Å². The molecule has 3 aromatic heterocycles. The van der Waals surface area contributed by atoms with E-state index in [1.54, 1.807) is 6.20 Å². The first kappa shape index (κ1) is 25.4. The van der Waals surface area contributed by atoms with Crippen molar-refractivity contribution < 1.29 is 14.3 Å². The molecule has 1 N–H and O–H groups in total. The maximum atomic E-state index is 12.8. The maximum absolute atomic E-state index is 12.8. The Morgan fingerprint density at radius 2 is 2.00 bits per heavy atom. The number of aromatic nitrogens is 2. The summed E-state index contributed by atoms with van der Waals surface area (Å²) in [6.45, 7) is 8.06. The van der Waals surface area contributed by atoms with Crippen molar-refractivity contribution in [3.63, 3.8) is 0 Å². The van der Waals surface area contributed by atoms with E-state index in [0.717, 1.165) is 57.9 Å². The van der Waals surface area contributed by atoms with E-state index in [-0.39, 0.29) is 54.1 Å². The minimum Gasteiger partial charge on any atom is -0.487 e. The predicted molar refractivity (Wildman–Crippen MR) is 143 cm³/mol. The molecule has 0 aromatic carbocycles. The standard InChI is InChI=1S/C26H27ClN4O3S.ClH/c1-13-9-18(27)30-21(22(13)34-14-5-4-7-28-11-14)16-6-8-29-17-10-15(35-23(16)17)12-31-24(32)19-20(25(31)33)26(19,2)3;/h6,8-10,14,19-20,28H,4-5,7,11-12H2,1-3H3;1H/t14-,19?,20?;/m0./s1. The van der Waals surface area contributed by atoms with Crippen LogP contribution in [0.5, 0.6) is 5.75 Å². The highest BCUT2D eigenvalue weighted by molar-refractivity contribution is 7.19. The predicted octanol–water partition coefficient (Wildman–Crippen LogP) is 5.01. The second kappa shape index (κ2) is 9.24. The van der Waals surface area contributed by atoms with Gasteiger partial charge in [-0.15, -0.1) is 23.7 Å². The number of nitrogens with zero attached hydrogens (tertiary/aromatic N) is 3. The number of halogens is 2. The van der Waals surface area contributed by atoms with E-state index in [1.165, 1.54) is 16.2 Å². The Morgan fingerprint density at radius 3 is 2.69 bits per heavy atom. The normalized spacial score (nSPS) is 24.6. The van der Waals surface area contributed by atoms with Crippen molar-refractivity contribution in [3.05, 3.63) is 40.0 Å². The summed E-state index contributed by atoms with van der Waals surface area (Å²) in [6.07, 6.45) is 3.88. The van der Waals surface area contributed by atoms with Crippen molar-refractivity contribution in [2.45, 2.75) is 46.3 Å². The quantitative estimate of drug-likeness (QED) is 0.357. The molecule has 2 saturated heterocycles. The molecule has 1 saturated carbocycles. The van der Waals surface area contributed by atoms with Gasteiger partial charge in [0.05, 0.1) is 28.6 Å².